The third kappa shape index (κ3) is 4.60. The van der Waals surface area contributed by atoms with Crippen LogP contribution >= 0.6 is 0 Å². The van der Waals surface area contributed by atoms with Crippen molar-refractivity contribution in [1.29, 1.82) is 0 Å². The van der Waals surface area contributed by atoms with Gasteiger partial charge in [-0.3, -0.25) is 4.79 Å². The summed E-state index contributed by atoms with van der Waals surface area (Å²) in [4.78, 5) is 50.7. The third-order valence-electron chi connectivity index (χ3n) is 3.94. The summed E-state index contributed by atoms with van der Waals surface area (Å²) in [5, 5.41) is 3.88. The van der Waals surface area contributed by atoms with Crippen molar-refractivity contribution in [2.75, 3.05) is 27.9 Å². The second-order valence-corrected chi connectivity index (χ2v) is 5.79. The quantitative estimate of drug-likeness (QED) is 0.529. The molecule has 1 aromatic carbocycles. The molecule has 0 bridgehead atoms. The second-order valence-electron chi connectivity index (χ2n) is 5.79. The molecule has 1 aromatic heterocycles. The third-order valence-corrected chi connectivity index (χ3v) is 3.94. The lowest BCUT2D eigenvalue weighted by molar-refractivity contribution is 0.0550. The predicted octanol–water partition coefficient (Wildman–Crippen LogP) is 1.73. The Bertz CT molecular complexity index is 921. The smallest absolute Gasteiger partial charge is 0.435 e. The number of amides is 1. The van der Waals surface area contributed by atoms with Crippen LogP contribution in [-0.2, 0) is 20.8 Å². The SMILES string of the molecule is CCOC(=O)n1nc(C(=O)OC)c(C(=O)OC)c1CN(C)C(=O)c1ccccc1. The molecule has 0 atom stereocenters. The molecule has 1 amide bonds. The molecule has 0 N–H and O–H groups in total. The first-order valence-corrected chi connectivity index (χ1v) is 8.61. The minimum absolute atomic E-state index is 0.0394. The Hall–Kier alpha value is -3.69. The van der Waals surface area contributed by atoms with Crippen molar-refractivity contribution in [2.45, 2.75) is 13.5 Å². The van der Waals surface area contributed by atoms with E-state index in [9.17, 15) is 19.2 Å². The van der Waals surface area contributed by atoms with Crippen LogP contribution in [0.5, 0.6) is 0 Å². The Morgan fingerprint density at radius 1 is 1.03 bits per heavy atom. The number of carbonyl (C=O) groups excluding carboxylic acids is 4. The molecule has 2 aromatic rings. The van der Waals surface area contributed by atoms with E-state index >= 15 is 0 Å². The van der Waals surface area contributed by atoms with E-state index < -0.39 is 23.7 Å². The number of ether oxygens (including phenoxy) is 3. The van der Waals surface area contributed by atoms with Crippen LogP contribution in [0.15, 0.2) is 30.3 Å². The maximum atomic E-state index is 12.7. The molecular weight excluding hydrogens is 382 g/mol. The lowest BCUT2D eigenvalue weighted by atomic mass is 10.1. The van der Waals surface area contributed by atoms with Crippen molar-refractivity contribution in [3.63, 3.8) is 0 Å². The van der Waals surface area contributed by atoms with Gasteiger partial charge >= 0.3 is 18.0 Å². The molecule has 0 saturated carbocycles. The van der Waals surface area contributed by atoms with E-state index in [0.717, 1.165) is 18.9 Å². The summed E-state index contributed by atoms with van der Waals surface area (Å²) in [6.45, 7) is 1.41. The van der Waals surface area contributed by atoms with Crippen LogP contribution in [0.1, 0.15) is 43.8 Å². The summed E-state index contributed by atoms with van der Waals surface area (Å²) in [5.41, 5.74) is -0.324. The normalized spacial score (nSPS) is 10.2. The van der Waals surface area contributed by atoms with E-state index in [0.29, 0.717) is 5.56 Å². The topological polar surface area (TPSA) is 117 Å². The number of aromatic nitrogens is 2. The van der Waals surface area contributed by atoms with Gasteiger partial charge in [0.05, 0.1) is 33.1 Å². The van der Waals surface area contributed by atoms with Crippen LogP contribution in [0.2, 0.25) is 0 Å². The van der Waals surface area contributed by atoms with Crippen LogP contribution in [0.25, 0.3) is 0 Å². The summed E-state index contributed by atoms with van der Waals surface area (Å²) in [7, 11) is 3.71. The van der Waals surface area contributed by atoms with E-state index in [4.69, 9.17) is 9.47 Å². The van der Waals surface area contributed by atoms with Gasteiger partial charge in [-0.2, -0.15) is 9.78 Å². The molecule has 2 rings (SSSR count). The summed E-state index contributed by atoms with van der Waals surface area (Å²) in [6, 6.07) is 8.44. The van der Waals surface area contributed by atoms with Crippen molar-refractivity contribution in [1.82, 2.24) is 14.7 Å². The average Bonchev–Trinajstić information content (AvgIpc) is 3.11. The maximum absolute atomic E-state index is 12.7. The van der Waals surface area contributed by atoms with Crippen LogP contribution < -0.4 is 0 Å². The van der Waals surface area contributed by atoms with Crippen molar-refractivity contribution in [3.05, 3.63) is 52.8 Å². The molecule has 0 unspecified atom stereocenters. The summed E-state index contributed by atoms with van der Waals surface area (Å²) in [6.07, 6.45) is -0.914. The van der Waals surface area contributed by atoms with E-state index in [2.05, 4.69) is 9.84 Å². The zero-order chi connectivity index (χ0) is 21.6. The maximum Gasteiger partial charge on any atom is 0.435 e. The minimum Gasteiger partial charge on any atom is -0.465 e. The molecule has 154 valence electrons. The first-order valence-electron chi connectivity index (χ1n) is 8.61. The van der Waals surface area contributed by atoms with E-state index in [1.165, 1.54) is 11.9 Å². The first kappa shape index (κ1) is 21.6. The van der Waals surface area contributed by atoms with E-state index in [-0.39, 0.29) is 30.3 Å². The zero-order valence-electron chi connectivity index (χ0n) is 16.5. The lowest BCUT2D eigenvalue weighted by Crippen LogP contribution is -2.30. The van der Waals surface area contributed by atoms with Gasteiger partial charge in [-0.05, 0) is 19.1 Å². The van der Waals surface area contributed by atoms with E-state index in [1.54, 1.807) is 37.3 Å². The Kier molecular flexibility index (Phi) is 7.07. The van der Waals surface area contributed by atoms with Crippen LogP contribution in [-0.4, -0.2) is 66.5 Å². The molecule has 10 nitrogen and oxygen atoms in total. The summed E-state index contributed by atoms with van der Waals surface area (Å²) >= 11 is 0. The number of benzene rings is 1. The molecule has 0 aliphatic carbocycles. The Balaban J connectivity index is 2.55. The van der Waals surface area contributed by atoms with E-state index in [1.807, 2.05) is 0 Å². The molecule has 0 fully saturated rings. The molecule has 29 heavy (non-hydrogen) atoms. The van der Waals surface area contributed by atoms with Crippen molar-refractivity contribution >= 4 is 23.9 Å². The average molecular weight is 403 g/mol. The molecule has 10 heteroatoms. The molecule has 0 radical (unpaired) electrons. The number of esters is 2. The highest BCUT2D eigenvalue weighted by molar-refractivity contribution is 6.03. The number of methoxy groups -OCH3 is 2. The van der Waals surface area contributed by atoms with Gasteiger partial charge in [-0.15, -0.1) is 0 Å². The highest BCUT2D eigenvalue weighted by Gasteiger charge is 2.33. The number of hydrogen-bond acceptors (Lipinski definition) is 8. The largest absolute Gasteiger partial charge is 0.465 e. The standard InChI is InChI=1S/C19H21N3O7/c1-5-29-19(26)22-13(11-21(2)16(23)12-9-7-6-8-10-12)14(17(24)27-3)15(20-22)18(25)28-4/h6-10H,5,11H2,1-4H3. The van der Waals surface area contributed by atoms with Gasteiger partial charge in [0.15, 0.2) is 5.69 Å². The second kappa shape index (κ2) is 9.49. The predicted molar refractivity (Wildman–Crippen MR) is 99.6 cm³/mol. The molecule has 0 spiro atoms. The van der Waals surface area contributed by atoms with Gasteiger partial charge in [-0.25, -0.2) is 14.4 Å². The van der Waals surface area contributed by atoms with Gasteiger partial charge in [0.25, 0.3) is 5.91 Å². The molecule has 0 aliphatic heterocycles. The fraction of sp³-hybridized carbons (Fsp3) is 0.316. The number of nitrogens with zero attached hydrogens (tertiary/aromatic N) is 3. The first-order chi connectivity index (χ1) is 13.8. The number of hydrogen-bond donors (Lipinski definition) is 0. The van der Waals surface area contributed by atoms with Gasteiger partial charge in [0.2, 0.25) is 0 Å². The Labute approximate surface area is 166 Å². The monoisotopic (exact) mass is 403 g/mol. The van der Waals surface area contributed by atoms with Gasteiger partial charge in [-0.1, -0.05) is 18.2 Å². The van der Waals surface area contributed by atoms with Crippen molar-refractivity contribution in [2.24, 2.45) is 0 Å². The fourth-order valence-electron chi connectivity index (χ4n) is 2.59. The van der Waals surface area contributed by atoms with Gasteiger partial charge < -0.3 is 19.1 Å². The zero-order valence-corrected chi connectivity index (χ0v) is 16.5. The van der Waals surface area contributed by atoms with Crippen molar-refractivity contribution < 1.29 is 33.4 Å². The van der Waals surface area contributed by atoms with Crippen LogP contribution in [0.4, 0.5) is 4.79 Å². The van der Waals surface area contributed by atoms with Gasteiger partial charge in [0, 0.05) is 12.6 Å². The Morgan fingerprint density at radius 2 is 1.66 bits per heavy atom. The molecule has 1 heterocycles. The molecule has 0 saturated heterocycles. The lowest BCUT2D eigenvalue weighted by Gasteiger charge is -2.18. The molecule has 0 aliphatic rings. The van der Waals surface area contributed by atoms with Crippen LogP contribution in [0, 0.1) is 0 Å². The fourth-order valence-corrected chi connectivity index (χ4v) is 2.59. The highest BCUT2D eigenvalue weighted by Crippen LogP contribution is 2.20. The summed E-state index contributed by atoms with van der Waals surface area (Å²) in [5.74, 6) is -2.21. The number of rotatable bonds is 6. The number of carbonyl (C=O) groups is 4. The van der Waals surface area contributed by atoms with Gasteiger partial charge in [0.1, 0.15) is 5.56 Å². The van der Waals surface area contributed by atoms with Crippen molar-refractivity contribution in [3.8, 4) is 0 Å². The van der Waals surface area contributed by atoms with Crippen LogP contribution in [0.3, 0.4) is 0 Å². The summed E-state index contributed by atoms with van der Waals surface area (Å²) < 4.78 is 15.1. The Morgan fingerprint density at radius 3 is 2.21 bits per heavy atom. The minimum atomic E-state index is -0.938. The molecular formula is C19H21N3O7. The highest BCUT2D eigenvalue weighted by atomic mass is 16.6.